The van der Waals surface area contributed by atoms with Crippen LogP contribution in [-0.2, 0) is 7.05 Å². The Kier molecular flexibility index (Phi) is 2.57. The third-order valence-corrected chi connectivity index (χ3v) is 3.09. The van der Waals surface area contributed by atoms with Gasteiger partial charge in [0.1, 0.15) is 11.5 Å². The number of aromatic nitrogens is 6. The third-order valence-electron chi connectivity index (χ3n) is 2.40. The summed E-state index contributed by atoms with van der Waals surface area (Å²) in [6.45, 7) is 0. The summed E-state index contributed by atoms with van der Waals surface area (Å²) in [5.41, 5.74) is 0.766. The van der Waals surface area contributed by atoms with E-state index in [1.165, 1.54) is 4.52 Å². The molecule has 3 aromatic rings. The zero-order valence-corrected chi connectivity index (χ0v) is 10.9. The molecule has 3 aromatic heterocycles. The molecule has 0 unspecified atom stereocenters. The van der Waals surface area contributed by atoms with Gasteiger partial charge < -0.3 is 4.57 Å². The van der Waals surface area contributed by atoms with E-state index >= 15 is 0 Å². The van der Waals surface area contributed by atoms with Crippen molar-refractivity contribution in [1.29, 1.82) is 0 Å². The molecule has 18 heavy (non-hydrogen) atoms. The first-order valence-electron chi connectivity index (χ1n) is 5.05. The minimum atomic E-state index is 0.427. The zero-order valence-electron chi connectivity index (χ0n) is 9.28. The monoisotopic (exact) mass is 278 g/mol. The molecule has 0 N–H and O–H groups in total. The average Bonchev–Trinajstić information content (AvgIpc) is 2.80. The number of hydrogen-bond donors (Lipinski definition) is 0. The van der Waals surface area contributed by atoms with Crippen LogP contribution in [0.1, 0.15) is 0 Å². The fourth-order valence-electron chi connectivity index (χ4n) is 1.48. The lowest BCUT2D eigenvalue weighted by Crippen LogP contribution is -2.02. The number of fused-ring (bicyclic) bond motifs is 1. The third kappa shape index (κ3) is 1.77. The first-order valence-corrected chi connectivity index (χ1v) is 5.84. The standard InChI is InChI=1S/C10H7ClN6S/c1-16-5-13-9-14-8(15-17(9)10(16)18)6-2-3-7(11)12-4-6/h2-5H,1H3. The molecule has 3 heterocycles. The molecule has 0 aromatic carbocycles. The Morgan fingerprint density at radius 3 is 2.83 bits per heavy atom. The Morgan fingerprint density at radius 2 is 2.11 bits per heavy atom. The Labute approximate surface area is 112 Å². The highest BCUT2D eigenvalue weighted by Gasteiger charge is 2.08. The van der Waals surface area contributed by atoms with Crippen molar-refractivity contribution in [1.82, 2.24) is 29.1 Å². The van der Waals surface area contributed by atoms with Gasteiger partial charge in [0.15, 0.2) is 5.82 Å². The first kappa shape index (κ1) is 11.2. The van der Waals surface area contributed by atoms with Crippen molar-refractivity contribution in [2.45, 2.75) is 0 Å². The largest absolute Gasteiger partial charge is 0.311 e. The molecule has 0 aliphatic carbocycles. The van der Waals surface area contributed by atoms with Crippen LogP contribution >= 0.6 is 23.8 Å². The number of hydrogen-bond acceptors (Lipinski definition) is 5. The summed E-state index contributed by atoms with van der Waals surface area (Å²) >= 11 is 11.0. The molecule has 8 heteroatoms. The summed E-state index contributed by atoms with van der Waals surface area (Å²) < 4.78 is 3.74. The lowest BCUT2D eigenvalue weighted by atomic mass is 10.3. The highest BCUT2D eigenvalue weighted by Crippen LogP contribution is 2.16. The Bertz CT molecular complexity index is 775. The van der Waals surface area contributed by atoms with Crippen LogP contribution in [0.15, 0.2) is 24.7 Å². The summed E-state index contributed by atoms with van der Waals surface area (Å²) in [5.74, 6) is 0.979. The van der Waals surface area contributed by atoms with Gasteiger partial charge in [0.25, 0.3) is 5.78 Å². The fraction of sp³-hybridized carbons (Fsp3) is 0.100. The molecule has 0 saturated carbocycles. The van der Waals surface area contributed by atoms with Crippen LogP contribution in [0, 0.1) is 4.77 Å². The lowest BCUT2D eigenvalue weighted by molar-refractivity contribution is 0.747. The molecular weight excluding hydrogens is 272 g/mol. The zero-order chi connectivity index (χ0) is 12.7. The van der Waals surface area contributed by atoms with Crippen LogP contribution in [-0.4, -0.2) is 29.1 Å². The number of aryl methyl sites for hydroxylation is 1. The quantitative estimate of drug-likeness (QED) is 0.503. The van der Waals surface area contributed by atoms with E-state index in [0.717, 1.165) is 5.56 Å². The van der Waals surface area contributed by atoms with Gasteiger partial charge in [-0.2, -0.15) is 9.50 Å². The van der Waals surface area contributed by atoms with Gasteiger partial charge in [-0.05, 0) is 24.4 Å². The molecule has 0 aliphatic heterocycles. The van der Waals surface area contributed by atoms with Crippen molar-refractivity contribution < 1.29 is 0 Å². The molecule has 0 atom stereocenters. The molecule has 6 nitrogen and oxygen atoms in total. The van der Waals surface area contributed by atoms with Crippen molar-refractivity contribution in [2.75, 3.05) is 0 Å². The number of pyridine rings is 1. The summed E-state index contributed by atoms with van der Waals surface area (Å²) in [7, 11) is 1.81. The number of halogens is 1. The summed E-state index contributed by atoms with van der Waals surface area (Å²) in [5, 5.41) is 4.73. The molecule has 0 spiro atoms. The maximum Gasteiger partial charge on any atom is 0.256 e. The second kappa shape index (κ2) is 4.11. The Hall–Kier alpha value is -1.86. The predicted octanol–water partition coefficient (Wildman–Crippen LogP) is 1.91. The van der Waals surface area contributed by atoms with Crippen LogP contribution < -0.4 is 0 Å². The molecule has 0 fully saturated rings. The van der Waals surface area contributed by atoms with Crippen molar-refractivity contribution in [3.8, 4) is 11.4 Å². The van der Waals surface area contributed by atoms with E-state index < -0.39 is 0 Å². The normalized spacial score (nSPS) is 11.0. The average molecular weight is 279 g/mol. The van der Waals surface area contributed by atoms with Gasteiger partial charge in [0, 0.05) is 18.8 Å². The Morgan fingerprint density at radius 1 is 1.28 bits per heavy atom. The van der Waals surface area contributed by atoms with E-state index in [4.69, 9.17) is 23.8 Å². The topological polar surface area (TPSA) is 60.9 Å². The van der Waals surface area contributed by atoms with Gasteiger partial charge in [-0.1, -0.05) is 11.6 Å². The van der Waals surface area contributed by atoms with E-state index in [0.29, 0.717) is 21.5 Å². The van der Waals surface area contributed by atoms with Crippen molar-refractivity contribution in [3.63, 3.8) is 0 Å². The fourth-order valence-corrected chi connectivity index (χ4v) is 1.76. The summed E-state index contributed by atoms with van der Waals surface area (Å²) in [4.78, 5) is 12.4. The molecule has 0 radical (unpaired) electrons. The highest BCUT2D eigenvalue weighted by molar-refractivity contribution is 7.71. The predicted molar refractivity (Wildman–Crippen MR) is 68.8 cm³/mol. The molecule has 0 amide bonds. The molecule has 3 rings (SSSR count). The van der Waals surface area contributed by atoms with Gasteiger partial charge >= 0.3 is 0 Å². The van der Waals surface area contributed by atoms with Gasteiger partial charge in [-0.25, -0.2) is 9.97 Å². The van der Waals surface area contributed by atoms with Crippen molar-refractivity contribution in [3.05, 3.63) is 34.6 Å². The molecular formula is C10H7ClN6S. The van der Waals surface area contributed by atoms with Crippen LogP contribution in [0.25, 0.3) is 17.2 Å². The SMILES string of the molecule is Cn1cnc2nc(-c3ccc(Cl)nc3)nn2c1=S. The van der Waals surface area contributed by atoms with Crippen molar-refractivity contribution in [2.24, 2.45) is 7.05 Å². The maximum absolute atomic E-state index is 5.73. The van der Waals surface area contributed by atoms with Crippen LogP contribution in [0.4, 0.5) is 0 Å². The van der Waals surface area contributed by atoms with Crippen LogP contribution in [0.3, 0.4) is 0 Å². The molecule has 0 aliphatic rings. The maximum atomic E-state index is 5.73. The van der Waals surface area contributed by atoms with Crippen LogP contribution in [0.5, 0.6) is 0 Å². The second-order valence-corrected chi connectivity index (χ2v) is 4.41. The second-order valence-electron chi connectivity index (χ2n) is 3.65. The van der Waals surface area contributed by atoms with Gasteiger partial charge in [0.2, 0.25) is 4.77 Å². The summed E-state index contributed by atoms with van der Waals surface area (Å²) in [6.07, 6.45) is 3.22. The molecule has 0 saturated heterocycles. The van der Waals surface area contributed by atoms with Gasteiger partial charge in [-0.15, -0.1) is 5.10 Å². The van der Waals surface area contributed by atoms with E-state index in [2.05, 4.69) is 20.1 Å². The number of nitrogens with zero attached hydrogens (tertiary/aromatic N) is 6. The van der Waals surface area contributed by atoms with Crippen molar-refractivity contribution >= 4 is 29.6 Å². The Balaban J connectivity index is 2.22. The minimum absolute atomic E-state index is 0.427. The minimum Gasteiger partial charge on any atom is -0.311 e. The van der Waals surface area contributed by atoms with E-state index in [9.17, 15) is 0 Å². The van der Waals surface area contributed by atoms with E-state index in [1.54, 1.807) is 36.3 Å². The number of rotatable bonds is 1. The van der Waals surface area contributed by atoms with E-state index in [-0.39, 0.29) is 0 Å². The van der Waals surface area contributed by atoms with Gasteiger partial charge in [0.05, 0.1) is 0 Å². The van der Waals surface area contributed by atoms with E-state index in [1.807, 2.05) is 0 Å². The highest BCUT2D eigenvalue weighted by atomic mass is 35.5. The molecule has 90 valence electrons. The van der Waals surface area contributed by atoms with Gasteiger partial charge in [-0.3, -0.25) is 0 Å². The lowest BCUT2D eigenvalue weighted by Gasteiger charge is -1.96. The summed E-state index contributed by atoms with van der Waals surface area (Å²) in [6, 6.07) is 3.48. The first-order chi connectivity index (χ1) is 8.65. The molecule has 0 bridgehead atoms. The van der Waals surface area contributed by atoms with Crippen LogP contribution in [0.2, 0.25) is 5.15 Å². The smallest absolute Gasteiger partial charge is 0.256 e.